The Morgan fingerprint density at radius 1 is 0.688 bits per heavy atom. The maximum Gasteiger partial charge on any atom is 0.115 e. The van der Waals surface area contributed by atoms with Crippen molar-refractivity contribution in [3.05, 3.63) is 120 Å². The lowest BCUT2D eigenvalue weighted by molar-refractivity contribution is 1.12. The van der Waals surface area contributed by atoms with E-state index in [0.29, 0.717) is 5.56 Å². The van der Waals surface area contributed by atoms with E-state index >= 15 is 0 Å². The van der Waals surface area contributed by atoms with E-state index in [4.69, 9.17) is 4.98 Å². The number of pyridine rings is 1. The van der Waals surface area contributed by atoms with Crippen LogP contribution in [0.5, 0.6) is 0 Å². The van der Waals surface area contributed by atoms with Gasteiger partial charge in [0.15, 0.2) is 0 Å². The van der Waals surface area contributed by atoms with E-state index in [2.05, 4.69) is 60.7 Å². The number of aromatic nitrogens is 1. The summed E-state index contributed by atoms with van der Waals surface area (Å²) in [6.07, 6.45) is 0. The van der Waals surface area contributed by atoms with Crippen LogP contribution in [-0.4, -0.2) is 4.98 Å². The molecule has 0 bridgehead atoms. The van der Waals surface area contributed by atoms with E-state index in [1.807, 2.05) is 54.6 Å². The molecule has 0 unspecified atom stereocenters. The van der Waals surface area contributed by atoms with Crippen LogP contribution in [0, 0.1) is 11.3 Å². The summed E-state index contributed by atoms with van der Waals surface area (Å²) in [5, 5.41) is 13.3. The molecule has 32 heavy (non-hydrogen) atoms. The molecule has 0 aliphatic heterocycles. The van der Waals surface area contributed by atoms with Gasteiger partial charge in [-0.05, 0) is 28.0 Å². The van der Waals surface area contributed by atoms with Crippen LogP contribution in [0.2, 0.25) is 0 Å². The minimum absolute atomic E-state index is 0.627. The number of hydrogen-bond acceptors (Lipinski definition) is 3. The van der Waals surface area contributed by atoms with Gasteiger partial charge in [-0.2, -0.15) is 5.26 Å². The molecule has 5 rings (SSSR count). The zero-order valence-corrected chi connectivity index (χ0v) is 18.2. The Bertz CT molecular complexity index is 1420. The molecule has 152 valence electrons. The lowest BCUT2D eigenvalue weighted by atomic mass is 9.99. The summed E-state index contributed by atoms with van der Waals surface area (Å²) in [7, 11) is 0. The molecular formula is C29H20N2S. The van der Waals surface area contributed by atoms with Crippen LogP contribution in [0.15, 0.2) is 114 Å². The number of benzene rings is 4. The van der Waals surface area contributed by atoms with Crippen molar-refractivity contribution < 1.29 is 0 Å². The zero-order chi connectivity index (χ0) is 21.8. The van der Waals surface area contributed by atoms with Gasteiger partial charge in [-0.1, -0.05) is 103 Å². The lowest BCUT2D eigenvalue weighted by Crippen LogP contribution is -1.96. The number of hydrogen-bond donors (Lipinski definition) is 0. The summed E-state index contributed by atoms with van der Waals surface area (Å²) < 4.78 is 0. The molecule has 1 heterocycles. The normalized spacial score (nSPS) is 10.7. The third kappa shape index (κ3) is 4.14. The summed E-state index contributed by atoms with van der Waals surface area (Å²) in [5.74, 6) is 0.749. The van der Waals surface area contributed by atoms with Crippen molar-refractivity contribution in [3.8, 4) is 28.5 Å². The first kappa shape index (κ1) is 20.1. The van der Waals surface area contributed by atoms with Gasteiger partial charge in [0, 0.05) is 16.9 Å². The quantitative estimate of drug-likeness (QED) is 0.269. The fraction of sp³-hybridized carbons (Fsp3) is 0.0345. The van der Waals surface area contributed by atoms with Crippen LogP contribution in [0.1, 0.15) is 11.1 Å². The molecule has 3 heteroatoms. The predicted octanol–water partition coefficient (Wildman–Crippen LogP) is 7.73. The standard InChI is InChI=1S/C29H20N2S/c30-19-27-26(23-10-3-1-4-11-23)18-28(24-12-5-2-6-13-24)31-29(27)32-20-21-15-16-22-9-7-8-14-25(22)17-21/h1-18H,20H2. The third-order valence-electron chi connectivity index (χ3n) is 5.44. The fourth-order valence-electron chi connectivity index (χ4n) is 3.82. The Kier molecular flexibility index (Phi) is 5.70. The maximum absolute atomic E-state index is 10.1. The summed E-state index contributed by atoms with van der Waals surface area (Å²) in [6, 6.07) is 39.6. The molecule has 0 atom stereocenters. The van der Waals surface area contributed by atoms with Crippen molar-refractivity contribution in [2.75, 3.05) is 0 Å². The lowest BCUT2D eigenvalue weighted by Gasteiger charge is -2.13. The van der Waals surface area contributed by atoms with Crippen LogP contribution in [-0.2, 0) is 5.75 Å². The van der Waals surface area contributed by atoms with Gasteiger partial charge in [-0.15, -0.1) is 11.8 Å². The highest BCUT2D eigenvalue weighted by Gasteiger charge is 2.16. The molecule has 2 nitrogen and oxygen atoms in total. The molecule has 0 saturated carbocycles. The van der Waals surface area contributed by atoms with Gasteiger partial charge in [0.05, 0.1) is 11.3 Å². The summed E-state index contributed by atoms with van der Waals surface area (Å²) >= 11 is 1.62. The van der Waals surface area contributed by atoms with Gasteiger partial charge < -0.3 is 0 Å². The predicted molar refractivity (Wildman–Crippen MR) is 133 cm³/mol. The smallest absolute Gasteiger partial charge is 0.115 e. The highest BCUT2D eigenvalue weighted by Crippen LogP contribution is 2.35. The molecular weight excluding hydrogens is 408 g/mol. The molecule has 0 amide bonds. The molecule has 0 radical (unpaired) electrons. The van der Waals surface area contributed by atoms with Gasteiger partial charge in [-0.3, -0.25) is 0 Å². The molecule has 0 spiro atoms. The molecule has 4 aromatic carbocycles. The minimum atomic E-state index is 0.627. The van der Waals surface area contributed by atoms with E-state index in [1.54, 1.807) is 11.8 Å². The van der Waals surface area contributed by atoms with E-state index in [-0.39, 0.29) is 0 Å². The van der Waals surface area contributed by atoms with Crippen LogP contribution < -0.4 is 0 Å². The van der Waals surface area contributed by atoms with Crippen molar-refractivity contribution in [1.82, 2.24) is 4.98 Å². The van der Waals surface area contributed by atoms with Crippen LogP contribution >= 0.6 is 11.8 Å². The second-order valence-electron chi connectivity index (χ2n) is 7.55. The highest BCUT2D eigenvalue weighted by atomic mass is 32.2. The van der Waals surface area contributed by atoms with Crippen molar-refractivity contribution in [3.63, 3.8) is 0 Å². The van der Waals surface area contributed by atoms with Crippen LogP contribution in [0.25, 0.3) is 33.2 Å². The molecule has 0 fully saturated rings. The van der Waals surface area contributed by atoms with Gasteiger partial charge in [0.1, 0.15) is 11.1 Å². The van der Waals surface area contributed by atoms with E-state index in [0.717, 1.165) is 33.2 Å². The molecule has 5 aromatic rings. The second kappa shape index (κ2) is 9.09. The molecule has 0 N–H and O–H groups in total. The first-order valence-corrected chi connectivity index (χ1v) is 11.5. The molecule has 1 aromatic heterocycles. The topological polar surface area (TPSA) is 36.7 Å². The van der Waals surface area contributed by atoms with Gasteiger partial charge >= 0.3 is 0 Å². The summed E-state index contributed by atoms with van der Waals surface area (Å²) in [6.45, 7) is 0. The van der Waals surface area contributed by atoms with Crippen molar-refractivity contribution >= 4 is 22.5 Å². The van der Waals surface area contributed by atoms with E-state index < -0.39 is 0 Å². The summed E-state index contributed by atoms with van der Waals surface area (Å²) in [5.41, 5.74) is 5.71. The number of nitriles is 1. The first-order chi connectivity index (χ1) is 15.8. The van der Waals surface area contributed by atoms with Crippen molar-refractivity contribution in [2.45, 2.75) is 10.8 Å². The Morgan fingerprint density at radius 3 is 2.06 bits per heavy atom. The summed E-state index contributed by atoms with van der Waals surface area (Å²) in [4.78, 5) is 4.92. The molecule has 0 aliphatic rings. The number of rotatable bonds is 5. The minimum Gasteiger partial charge on any atom is -0.240 e. The Balaban J connectivity index is 1.57. The number of nitrogens with zero attached hydrogens (tertiary/aromatic N) is 2. The second-order valence-corrected chi connectivity index (χ2v) is 8.51. The van der Waals surface area contributed by atoms with Crippen LogP contribution in [0.3, 0.4) is 0 Å². The van der Waals surface area contributed by atoms with Crippen molar-refractivity contribution in [2.24, 2.45) is 0 Å². The van der Waals surface area contributed by atoms with Crippen molar-refractivity contribution in [1.29, 1.82) is 5.26 Å². The first-order valence-electron chi connectivity index (χ1n) is 10.5. The largest absolute Gasteiger partial charge is 0.240 e. The molecule has 0 saturated heterocycles. The van der Waals surface area contributed by atoms with Gasteiger partial charge in [0.25, 0.3) is 0 Å². The van der Waals surface area contributed by atoms with Gasteiger partial charge in [0.2, 0.25) is 0 Å². The number of thioether (sulfide) groups is 1. The highest BCUT2D eigenvalue weighted by molar-refractivity contribution is 7.98. The SMILES string of the molecule is N#Cc1c(-c2ccccc2)cc(-c2ccccc2)nc1SCc1ccc2ccccc2c1. The average molecular weight is 429 g/mol. The maximum atomic E-state index is 10.1. The zero-order valence-electron chi connectivity index (χ0n) is 17.4. The average Bonchev–Trinajstić information content (AvgIpc) is 2.87. The molecule has 0 aliphatic carbocycles. The van der Waals surface area contributed by atoms with Gasteiger partial charge in [-0.25, -0.2) is 4.98 Å². The third-order valence-corrected chi connectivity index (χ3v) is 6.49. The fourth-order valence-corrected chi connectivity index (χ4v) is 4.76. The van der Waals surface area contributed by atoms with E-state index in [9.17, 15) is 5.26 Å². The Hall–Kier alpha value is -3.87. The number of fused-ring (bicyclic) bond motifs is 1. The Labute approximate surface area is 192 Å². The monoisotopic (exact) mass is 428 g/mol. The van der Waals surface area contributed by atoms with Crippen LogP contribution in [0.4, 0.5) is 0 Å². The van der Waals surface area contributed by atoms with E-state index in [1.165, 1.54) is 16.3 Å². The Morgan fingerprint density at radius 2 is 1.34 bits per heavy atom.